The van der Waals surface area contributed by atoms with Gasteiger partial charge in [-0.25, -0.2) is 0 Å². The molecule has 15 heavy (non-hydrogen) atoms. The third kappa shape index (κ3) is 4.12. The maximum absolute atomic E-state index is 3.68. The van der Waals surface area contributed by atoms with Crippen molar-refractivity contribution in [3.8, 4) is 0 Å². The van der Waals surface area contributed by atoms with Crippen LogP contribution in [0.15, 0.2) is 0 Å². The molecular weight excluding hydrogens is 184 g/mol. The molecule has 90 valence electrons. The molecule has 0 aromatic carbocycles. The van der Waals surface area contributed by atoms with Crippen LogP contribution in [-0.2, 0) is 0 Å². The van der Waals surface area contributed by atoms with Crippen molar-refractivity contribution in [2.24, 2.45) is 5.92 Å². The summed E-state index contributed by atoms with van der Waals surface area (Å²) in [5.41, 5.74) is 0. The summed E-state index contributed by atoms with van der Waals surface area (Å²) in [6.45, 7) is 10.4. The molecule has 2 heteroatoms. The number of nitrogens with one attached hydrogen (secondary N) is 1. The van der Waals surface area contributed by atoms with Gasteiger partial charge in [-0.3, -0.25) is 0 Å². The second-order valence-corrected chi connectivity index (χ2v) is 5.63. The quantitative estimate of drug-likeness (QED) is 0.728. The van der Waals surface area contributed by atoms with E-state index in [9.17, 15) is 0 Å². The summed E-state index contributed by atoms with van der Waals surface area (Å²) in [5.74, 6) is 0.788. The maximum atomic E-state index is 3.68. The van der Waals surface area contributed by atoms with E-state index in [0.29, 0.717) is 6.04 Å². The van der Waals surface area contributed by atoms with Gasteiger partial charge >= 0.3 is 0 Å². The molecule has 1 saturated carbocycles. The van der Waals surface area contributed by atoms with Crippen molar-refractivity contribution in [2.45, 2.75) is 65.1 Å². The minimum Gasteiger partial charge on any atom is -0.311 e. The SMILES string of the molecule is CCC(C)NC1CC(N(C)CC(C)C)C1. The van der Waals surface area contributed by atoms with Crippen LogP contribution in [0.4, 0.5) is 0 Å². The molecule has 0 heterocycles. The van der Waals surface area contributed by atoms with Gasteiger partial charge in [0, 0.05) is 24.7 Å². The number of hydrogen-bond donors (Lipinski definition) is 1. The van der Waals surface area contributed by atoms with Crippen LogP contribution in [0, 0.1) is 5.92 Å². The Balaban J connectivity index is 2.14. The summed E-state index contributed by atoms with van der Waals surface area (Å²) in [5, 5.41) is 3.68. The lowest BCUT2D eigenvalue weighted by atomic mass is 9.85. The van der Waals surface area contributed by atoms with Crippen molar-refractivity contribution < 1.29 is 0 Å². The van der Waals surface area contributed by atoms with Crippen LogP contribution in [-0.4, -0.2) is 36.6 Å². The van der Waals surface area contributed by atoms with Gasteiger partial charge in [-0.05, 0) is 39.2 Å². The van der Waals surface area contributed by atoms with Gasteiger partial charge in [-0.2, -0.15) is 0 Å². The van der Waals surface area contributed by atoms with Crippen molar-refractivity contribution in [2.75, 3.05) is 13.6 Å². The van der Waals surface area contributed by atoms with E-state index in [-0.39, 0.29) is 0 Å². The molecule has 0 bridgehead atoms. The Labute approximate surface area is 95.4 Å². The smallest absolute Gasteiger partial charge is 0.0122 e. The predicted octanol–water partition coefficient (Wildman–Crippen LogP) is 2.49. The van der Waals surface area contributed by atoms with Gasteiger partial charge in [0.2, 0.25) is 0 Å². The zero-order valence-corrected chi connectivity index (χ0v) is 11.1. The first-order valence-electron chi connectivity index (χ1n) is 6.49. The van der Waals surface area contributed by atoms with E-state index in [1.54, 1.807) is 0 Å². The monoisotopic (exact) mass is 212 g/mol. The van der Waals surface area contributed by atoms with E-state index in [2.05, 4.69) is 45.0 Å². The molecule has 1 fully saturated rings. The molecule has 1 N–H and O–H groups in total. The van der Waals surface area contributed by atoms with Crippen molar-refractivity contribution in [1.29, 1.82) is 0 Å². The lowest BCUT2D eigenvalue weighted by Crippen LogP contribution is -2.53. The first-order valence-corrected chi connectivity index (χ1v) is 6.49. The predicted molar refractivity (Wildman–Crippen MR) is 67.2 cm³/mol. The van der Waals surface area contributed by atoms with Crippen LogP contribution in [0.2, 0.25) is 0 Å². The summed E-state index contributed by atoms with van der Waals surface area (Å²) in [7, 11) is 2.27. The van der Waals surface area contributed by atoms with E-state index in [4.69, 9.17) is 0 Å². The second kappa shape index (κ2) is 5.86. The molecule has 0 amide bonds. The zero-order valence-electron chi connectivity index (χ0n) is 11.1. The van der Waals surface area contributed by atoms with Crippen LogP contribution in [0.5, 0.6) is 0 Å². The summed E-state index contributed by atoms with van der Waals surface area (Å²) in [6, 6.07) is 2.29. The molecule has 1 unspecified atom stereocenters. The third-order valence-electron chi connectivity index (χ3n) is 3.52. The number of rotatable bonds is 6. The summed E-state index contributed by atoms with van der Waals surface area (Å²) in [6.07, 6.45) is 3.92. The fourth-order valence-electron chi connectivity index (χ4n) is 2.33. The molecule has 0 aromatic rings. The minimum atomic E-state index is 0.686. The average Bonchev–Trinajstić information content (AvgIpc) is 2.08. The van der Waals surface area contributed by atoms with Crippen LogP contribution in [0.1, 0.15) is 47.0 Å². The van der Waals surface area contributed by atoms with E-state index < -0.39 is 0 Å². The molecule has 0 saturated heterocycles. The highest BCUT2D eigenvalue weighted by atomic mass is 15.2. The molecular formula is C13H28N2. The van der Waals surface area contributed by atoms with Crippen molar-refractivity contribution in [3.05, 3.63) is 0 Å². The molecule has 1 atom stereocenters. The summed E-state index contributed by atoms with van der Waals surface area (Å²) in [4.78, 5) is 2.53. The second-order valence-electron chi connectivity index (χ2n) is 5.63. The van der Waals surface area contributed by atoms with Gasteiger partial charge in [-0.15, -0.1) is 0 Å². The molecule has 0 aromatic heterocycles. The average molecular weight is 212 g/mol. The van der Waals surface area contributed by atoms with E-state index >= 15 is 0 Å². The zero-order chi connectivity index (χ0) is 11.4. The van der Waals surface area contributed by atoms with Crippen molar-refractivity contribution in [3.63, 3.8) is 0 Å². The Kier molecular flexibility index (Phi) is 5.07. The Hall–Kier alpha value is -0.0800. The molecule has 0 spiro atoms. The van der Waals surface area contributed by atoms with Gasteiger partial charge < -0.3 is 10.2 Å². The Bertz CT molecular complexity index is 173. The molecule has 2 nitrogen and oxygen atoms in total. The van der Waals surface area contributed by atoms with Crippen LogP contribution < -0.4 is 5.32 Å². The molecule has 1 rings (SSSR count). The standard InChI is InChI=1S/C13H28N2/c1-6-11(4)14-12-7-13(8-12)15(5)9-10(2)3/h10-14H,6-9H2,1-5H3. The Morgan fingerprint density at radius 2 is 1.87 bits per heavy atom. The van der Waals surface area contributed by atoms with Gasteiger partial charge in [0.1, 0.15) is 0 Å². The Morgan fingerprint density at radius 1 is 1.27 bits per heavy atom. The fraction of sp³-hybridized carbons (Fsp3) is 1.00. The highest BCUT2D eigenvalue weighted by Gasteiger charge is 2.32. The number of nitrogens with zero attached hydrogens (tertiary/aromatic N) is 1. The largest absolute Gasteiger partial charge is 0.311 e. The highest BCUT2D eigenvalue weighted by molar-refractivity contribution is 4.91. The van der Waals surface area contributed by atoms with Crippen LogP contribution in [0.25, 0.3) is 0 Å². The molecule has 0 radical (unpaired) electrons. The van der Waals surface area contributed by atoms with Gasteiger partial charge in [0.25, 0.3) is 0 Å². The van der Waals surface area contributed by atoms with Crippen LogP contribution >= 0.6 is 0 Å². The number of hydrogen-bond acceptors (Lipinski definition) is 2. The van der Waals surface area contributed by atoms with E-state index in [1.807, 2.05) is 0 Å². The van der Waals surface area contributed by atoms with Crippen molar-refractivity contribution in [1.82, 2.24) is 10.2 Å². The fourth-order valence-corrected chi connectivity index (χ4v) is 2.33. The minimum absolute atomic E-state index is 0.686. The van der Waals surface area contributed by atoms with Gasteiger partial charge in [-0.1, -0.05) is 20.8 Å². The van der Waals surface area contributed by atoms with E-state index in [0.717, 1.165) is 18.0 Å². The lowest BCUT2D eigenvalue weighted by Gasteiger charge is -2.43. The third-order valence-corrected chi connectivity index (χ3v) is 3.52. The normalized spacial score (nSPS) is 28.2. The lowest BCUT2D eigenvalue weighted by molar-refractivity contribution is 0.105. The molecule has 1 aliphatic carbocycles. The van der Waals surface area contributed by atoms with Crippen LogP contribution in [0.3, 0.4) is 0 Å². The van der Waals surface area contributed by atoms with Gasteiger partial charge in [0.05, 0.1) is 0 Å². The molecule has 1 aliphatic rings. The van der Waals surface area contributed by atoms with Crippen molar-refractivity contribution >= 4 is 0 Å². The van der Waals surface area contributed by atoms with E-state index in [1.165, 1.54) is 25.8 Å². The molecule has 0 aliphatic heterocycles. The van der Waals surface area contributed by atoms with Gasteiger partial charge in [0.15, 0.2) is 0 Å². The Morgan fingerprint density at radius 3 is 2.33 bits per heavy atom. The maximum Gasteiger partial charge on any atom is 0.0122 e. The summed E-state index contributed by atoms with van der Waals surface area (Å²) < 4.78 is 0. The topological polar surface area (TPSA) is 15.3 Å². The first kappa shape index (κ1) is 13.0. The summed E-state index contributed by atoms with van der Waals surface area (Å²) >= 11 is 0. The first-order chi connectivity index (χ1) is 7.02. The highest BCUT2D eigenvalue weighted by Crippen LogP contribution is 2.25.